The van der Waals surface area contributed by atoms with Crippen molar-refractivity contribution in [2.75, 3.05) is 13.2 Å². The normalized spacial score (nSPS) is 18.0. The van der Waals surface area contributed by atoms with Gasteiger partial charge in [-0.05, 0) is 19.1 Å². The first kappa shape index (κ1) is 19.9. The van der Waals surface area contributed by atoms with Crippen LogP contribution in [0, 0.1) is 0 Å². The summed E-state index contributed by atoms with van der Waals surface area (Å²) in [6.07, 6.45) is -1.55. The monoisotopic (exact) mass is 412 g/mol. The van der Waals surface area contributed by atoms with Crippen molar-refractivity contribution in [3.63, 3.8) is 0 Å². The van der Waals surface area contributed by atoms with Gasteiger partial charge in [0.15, 0.2) is 0 Å². The summed E-state index contributed by atoms with van der Waals surface area (Å²) in [5.74, 6) is -1.67. The number of H-pyrrole nitrogens is 1. The van der Waals surface area contributed by atoms with Crippen LogP contribution >= 0.6 is 0 Å². The molecule has 1 unspecified atom stereocenters. The van der Waals surface area contributed by atoms with Gasteiger partial charge in [-0.25, -0.2) is 14.6 Å². The summed E-state index contributed by atoms with van der Waals surface area (Å²) >= 11 is 0. The van der Waals surface area contributed by atoms with E-state index in [1.165, 1.54) is 6.07 Å². The molecule has 1 aromatic carbocycles. The van der Waals surface area contributed by atoms with E-state index in [0.717, 1.165) is 10.9 Å². The Morgan fingerprint density at radius 2 is 2.17 bits per heavy atom. The first-order chi connectivity index (χ1) is 14.4. The fourth-order valence-electron chi connectivity index (χ4n) is 3.47. The van der Waals surface area contributed by atoms with Gasteiger partial charge in [0, 0.05) is 22.7 Å². The van der Waals surface area contributed by atoms with Crippen molar-refractivity contribution in [3.8, 4) is 0 Å². The SMILES string of the molecule is CC1CC(O)=C(c2cc(C(=O)OC[C@@H](O)CO)c3c(n2)[nH]c2ccccc23)C(=O)O1. The molecule has 156 valence electrons. The fourth-order valence-corrected chi connectivity index (χ4v) is 3.47. The zero-order chi connectivity index (χ0) is 21.4. The largest absolute Gasteiger partial charge is 0.511 e. The van der Waals surface area contributed by atoms with Crippen LogP contribution in [-0.2, 0) is 14.3 Å². The van der Waals surface area contributed by atoms with Crippen LogP contribution < -0.4 is 0 Å². The minimum Gasteiger partial charge on any atom is -0.511 e. The highest BCUT2D eigenvalue weighted by Gasteiger charge is 2.30. The smallest absolute Gasteiger partial charge is 0.344 e. The number of pyridine rings is 1. The molecule has 0 saturated heterocycles. The molecule has 9 heteroatoms. The summed E-state index contributed by atoms with van der Waals surface area (Å²) in [7, 11) is 0. The van der Waals surface area contributed by atoms with Gasteiger partial charge in [-0.1, -0.05) is 18.2 Å². The molecular weight excluding hydrogens is 392 g/mol. The van der Waals surface area contributed by atoms with E-state index in [4.69, 9.17) is 14.6 Å². The molecule has 0 radical (unpaired) electrons. The highest BCUT2D eigenvalue weighted by Crippen LogP contribution is 2.33. The van der Waals surface area contributed by atoms with Crippen LogP contribution in [0.3, 0.4) is 0 Å². The van der Waals surface area contributed by atoms with Crippen LogP contribution in [0.2, 0.25) is 0 Å². The Hall–Kier alpha value is -3.43. The Labute approximate surface area is 170 Å². The van der Waals surface area contributed by atoms with E-state index in [0.29, 0.717) is 11.0 Å². The second-order valence-corrected chi connectivity index (χ2v) is 7.13. The van der Waals surface area contributed by atoms with Crippen LogP contribution in [0.1, 0.15) is 29.4 Å². The van der Waals surface area contributed by atoms with Gasteiger partial charge in [0.1, 0.15) is 35.8 Å². The Morgan fingerprint density at radius 3 is 2.90 bits per heavy atom. The van der Waals surface area contributed by atoms with Gasteiger partial charge in [-0.3, -0.25) is 0 Å². The molecule has 2 atom stereocenters. The van der Waals surface area contributed by atoms with Crippen molar-refractivity contribution in [1.82, 2.24) is 9.97 Å². The lowest BCUT2D eigenvalue weighted by Crippen LogP contribution is -2.24. The summed E-state index contributed by atoms with van der Waals surface area (Å²) in [5.41, 5.74) is 1.11. The van der Waals surface area contributed by atoms with E-state index in [-0.39, 0.29) is 29.0 Å². The molecule has 4 N–H and O–H groups in total. The van der Waals surface area contributed by atoms with E-state index in [1.54, 1.807) is 6.92 Å². The summed E-state index contributed by atoms with van der Waals surface area (Å²) in [4.78, 5) is 32.8. The summed E-state index contributed by atoms with van der Waals surface area (Å²) in [6.45, 7) is 0.709. The lowest BCUT2D eigenvalue weighted by Gasteiger charge is -2.21. The number of aliphatic hydroxyl groups is 3. The highest BCUT2D eigenvalue weighted by atomic mass is 16.5. The number of aromatic amines is 1. The Balaban J connectivity index is 1.90. The second kappa shape index (κ2) is 7.77. The molecule has 30 heavy (non-hydrogen) atoms. The lowest BCUT2D eigenvalue weighted by molar-refractivity contribution is -0.142. The number of aliphatic hydroxyl groups excluding tert-OH is 3. The first-order valence-corrected chi connectivity index (χ1v) is 9.40. The number of carbonyl (C=O) groups is 2. The van der Waals surface area contributed by atoms with Crippen LogP contribution in [0.5, 0.6) is 0 Å². The van der Waals surface area contributed by atoms with Gasteiger partial charge in [-0.2, -0.15) is 0 Å². The Kier molecular flexibility index (Phi) is 5.15. The molecule has 9 nitrogen and oxygen atoms in total. The minimum atomic E-state index is -1.21. The van der Waals surface area contributed by atoms with Crippen LogP contribution in [-0.4, -0.2) is 62.6 Å². The number of nitrogens with zero attached hydrogens (tertiary/aromatic N) is 1. The molecule has 0 amide bonds. The lowest BCUT2D eigenvalue weighted by atomic mass is 10.0. The van der Waals surface area contributed by atoms with Crippen molar-refractivity contribution in [3.05, 3.63) is 47.3 Å². The van der Waals surface area contributed by atoms with Crippen LogP contribution in [0.25, 0.3) is 27.5 Å². The number of fused-ring (bicyclic) bond motifs is 3. The van der Waals surface area contributed by atoms with Crippen molar-refractivity contribution in [2.45, 2.75) is 25.6 Å². The molecule has 1 aliphatic rings. The maximum atomic E-state index is 12.8. The number of cyclic esters (lactones) is 1. The van der Waals surface area contributed by atoms with E-state index in [2.05, 4.69) is 9.97 Å². The van der Waals surface area contributed by atoms with E-state index < -0.39 is 37.4 Å². The highest BCUT2D eigenvalue weighted by molar-refractivity contribution is 6.20. The molecular formula is C21H20N2O7. The predicted molar refractivity (Wildman–Crippen MR) is 107 cm³/mol. The third-order valence-corrected chi connectivity index (χ3v) is 4.84. The van der Waals surface area contributed by atoms with Crippen LogP contribution in [0.15, 0.2) is 36.1 Å². The predicted octanol–water partition coefficient (Wildman–Crippen LogP) is 1.83. The van der Waals surface area contributed by atoms with Gasteiger partial charge in [0.25, 0.3) is 0 Å². The molecule has 3 aromatic rings. The van der Waals surface area contributed by atoms with Gasteiger partial charge in [0.05, 0.1) is 17.9 Å². The van der Waals surface area contributed by atoms with Gasteiger partial charge in [-0.15, -0.1) is 0 Å². The fraction of sp³-hybridized carbons (Fsp3) is 0.286. The van der Waals surface area contributed by atoms with E-state index in [9.17, 15) is 19.8 Å². The number of esters is 2. The summed E-state index contributed by atoms with van der Waals surface area (Å²) in [5, 5.41) is 30.0. The molecule has 4 rings (SSSR count). The average Bonchev–Trinajstić information content (AvgIpc) is 3.08. The van der Waals surface area contributed by atoms with Gasteiger partial charge in [0.2, 0.25) is 0 Å². The number of hydrogen-bond donors (Lipinski definition) is 4. The minimum absolute atomic E-state index is 0.0677. The van der Waals surface area contributed by atoms with Crippen molar-refractivity contribution in [2.24, 2.45) is 0 Å². The number of carbonyl (C=O) groups excluding carboxylic acids is 2. The molecule has 0 bridgehead atoms. The quantitative estimate of drug-likeness (QED) is 0.465. The number of ether oxygens (including phenoxy) is 2. The molecule has 0 aliphatic carbocycles. The Bertz CT molecular complexity index is 1180. The molecule has 1 aliphatic heterocycles. The molecule has 0 saturated carbocycles. The third kappa shape index (κ3) is 3.49. The maximum Gasteiger partial charge on any atom is 0.344 e. The van der Waals surface area contributed by atoms with Gasteiger partial charge < -0.3 is 29.8 Å². The Morgan fingerprint density at radius 1 is 1.40 bits per heavy atom. The summed E-state index contributed by atoms with van der Waals surface area (Å²) in [6, 6.07) is 8.61. The van der Waals surface area contributed by atoms with Crippen molar-refractivity contribution in [1.29, 1.82) is 0 Å². The zero-order valence-corrected chi connectivity index (χ0v) is 16.1. The van der Waals surface area contributed by atoms with Crippen LogP contribution in [0.4, 0.5) is 0 Å². The number of benzene rings is 1. The van der Waals surface area contributed by atoms with Gasteiger partial charge >= 0.3 is 11.9 Å². The van der Waals surface area contributed by atoms with Crippen molar-refractivity contribution < 1.29 is 34.4 Å². The average molecular weight is 412 g/mol. The first-order valence-electron chi connectivity index (χ1n) is 9.40. The standard InChI is InChI=1S/C21H20N2O7/c1-10-6-16(26)18(21(28)30-10)15-7-13(20(27)29-9-11(25)8-24)17-12-4-2-3-5-14(12)22-19(17)23-15/h2-5,7,10-11,24-26H,6,8-9H2,1H3,(H,22,23)/t10?,11-/m0/s1. The third-order valence-electron chi connectivity index (χ3n) is 4.84. The molecule has 2 aromatic heterocycles. The number of hydrogen-bond acceptors (Lipinski definition) is 8. The van der Waals surface area contributed by atoms with E-state index in [1.807, 2.05) is 24.3 Å². The molecule has 3 heterocycles. The molecule has 0 fully saturated rings. The number of aromatic nitrogens is 2. The summed E-state index contributed by atoms with van der Waals surface area (Å²) < 4.78 is 10.3. The number of nitrogens with one attached hydrogen (secondary N) is 1. The van der Waals surface area contributed by atoms with E-state index >= 15 is 0 Å². The van der Waals surface area contributed by atoms with Crippen molar-refractivity contribution >= 4 is 39.4 Å². The topological polar surface area (TPSA) is 142 Å². The second-order valence-electron chi connectivity index (χ2n) is 7.13. The number of para-hydroxylation sites is 1. The zero-order valence-electron chi connectivity index (χ0n) is 16.1. The maximum absolute atomic E-state index is 12.8. The number of rotatable bonds is 5. The molecule has 0 spiro atoms.